The molecule has 0 saturated heterocycles. The number of H-pyrrole nitrogens is 1. The van der Waals surface area contributed by atoms with Crippen LogP contribution in [0.1, 0.15) is 22.3 Å². The van der Waals surface area contributed by atoms with Crippen molar-refractivity contribution in [2.24, 2.45) is 0 Å². The Hall–Kier alpha value is -2.54. The molecule has 1 heteroatoms. The van der Waals surface area contributed by atoms with E-state index < -0.39 is 0 Å². The zero-order valence-corrected chi connectivity index (χ0v) is 12.8. The van der Waals surface area contributed by atoms with Crippen LogP contribution in [-0.2, 0) is 6.42 Å². The van der Waals surface area contributed by atoms with Crippen molar-refractivity contribution < 1.29 is 0 Å². The van der Waals surface area contributed by atoms with Crippen LogP contribution in [0.2, 0.25) is 0 Å². The second-order valence-corrected chi connectivity index (χ2v) is 6.57. The van der Waals surface area contributed by atoms with Crippen LogP contribution in [0, 0.1) is 13.8 Å². The molecule has 0 bridgehead atoms. The van der Waals surface area contributed by atoms with Crippen molar-refractivity contribution in [1.29, 1.82) is 0 Å². The van der Waals surface area contributed by atoms with Gasteiger partial charge in [0.25, 0.3) is 0 Å². The molecule has 1 N–H and O–H groups in total. The third-order valence-electron chi connectivity index (χ3n) is 4.91. The van der Waals surface area contributed by atoms with Gasteiger partial charge in [0, 0.05) is 21.8 Å². The number of fused-ring (bicyclic) bond motifs is 6. The minimum absolute atomic E-state index is 1.06. The average Bonchev–Trinajstić information content (AvgIpc) is 3.00. The van der Waals surface area contributed by atoms with Crippen molar-refractivity contribution in [3.63, 3.8) is 0 Å². The number of hydrogen-bond acceptors (Lipinski definition) is 0. The zero-order valence-electron chi connectivity index (χ0n) is 12.8. The van der Waals surface area contributed by atoms with Gasteiger partial charge in [0.2, 0.25) is 0 Å². The molecule has 0 spiro atoms. The Kier molecular flexibility index (Phi) is 2.20. The van der Waals surface area contributed by atoms with Crippen LogP contribution in [0.5, 0.6) is 0 Å². The Morgan fingerprint density at radius 3 is 2.32 bits per heavy atom. The fourth-order valence-electron chi connectivity index (χ4n) is 3.85. The molecule has 0 aliphatic heterocycles. The van der Waals surface area contributed by atoms with E-state index in [-0.39, 0.29) is 0 Å². The number of aromatic nitrogens is 1. The standard InChI is InChI=1S/C21H17N/c1-12-3-5-16-14(7-12)9-15-10-19-17-6-4-13(2)8-20(17)22-21(19)11-18(15)16/h3-8,10-11,22H,9H2,1-2H3. The third kappa shape index (κ3) is 1.54. The monoisotopic (exact) mass is 283 g/mol. The summed E-state index contributed by atoms with van der Waals surface area (Å²) < 4.78 is 0. The molecule has 22 heavy (non-hydrogen) atoms. The molecule has 1 aliphatic carbocycles. The van der Waals surface area contributed by atoms with Crippen molar-refractivity contribution in [2.75, 3.05) is 0 Å². The summed E-state index contributed by atoms with van der Waals surface area (Å²) in [6.07, 6.45) is 1.06. The van der Waals surface area contributed by atoms with E-state index >= 15 is 0 Å². The molecule has 0 amide bonds. The smallest absolute Gasteiger partial charge is 0.0471 e. The number of nitrogens with one attached hydrogen (secondary N) is 1. The molecule has 3 aromatic carbocycles. The average molecular weight is 283 g/mol. The van der Waals surface area contributed by atoms with Crippen molar-refractivity contribution in [2.45, 2.75) is 20.3 Å². The first-order chi connectivity index (χ1) is 10.7. The summed E-state index contributed by atoms with van der Waals surface area (Å²) in [5.41, 5.74) is 10.8. The van der Waals surface area contributed by atoms with Crippen molar-refractivity contribution in [1.82, 2.24) is 4.98 Å². The molecule has 1 heterocycles. The fourth-order valence-corrected chi connectivity index (χ4v) is 3.85. The normalized spacial score (nSPS) is 12.8. The van der Waals surface area contributed by atoms with E-state index in [1.807, 2.05) is 0 Å². The topological polar surface area (TPSA) is 15.8 Å². The molecule has 0 fully saturated rings. The van der Waals surface area contributed by atoms with Crippen LogP contribution in [0.25, 0.3) is 32.9 Å². The highest BCUT2D eigenvalue weighted by molar-refractivity contribution is 6.09. The second kappa shape index (κ2) is 4.01. The molecular weight excluding hydrogens is 266 g/mol. The minimum atomic E-state index is 1.06. The predicted octanol–water partition coefficient (Wildman–Crippen LogP) is 5.51. The summed E-state index contributed by atoms with van der Waals surface area (Å²) in [4.78, 5) is 3.59. The Morgan fingerprint density at radius 1 is 0.682 bits per heavy atom. The van der Waals surface area contributed by atoms with Gasteiger partial charge < -0.3 is 4.98 Å². The molecule has 106 valence electrons. The van der Waals surface area contributed by atoms with E-state index in [0.717, 1.165) is 6.42 Å². The van der Waals surface area contributed by atoms with Crippen molar-refractivity contribution >= 4 is 21.8 Å². The third-order valence-corrected chi connectivity index (χ3v) is 4.91. The number of benzene rings is 3. The molecule has 0 atom stereocenters. The fraction of sp³-hybridized carbons (Fsp3) is 0.143. The maximum atomic E-state index is 3.59. The second-order valence-electron chi connectivity index (χ2n) is 6.57. The molecule has 1 aromatic heterocycles. The van der Waals surface area contributed by atoms with Gasteiger partial charge in [-0.1, -0.05) is 35.9 Å². The summed E-state index contributed by atoms with van der Waals surface area (Å²) >= 11 is 0. The molecule has 4 aromatic rings. The van der Waals surface area contributed by atoms with Crippen LogP contribution in [-0.4, -0.2) is 4.98 Å². The summed E-state index contributed by atoms with van der Waals surface area (Å²) in [6, 6.07) is 18.2. The number of rotatable bonds is 0. The number of aromatic amines is 1. The van der Waals surface area contributed by atoms with Crippen LogP contribution in [0.3, 0.4) is 0 Å². The van der Waals surface area contributed by atoms with Gasteiger partial charge in [-0.2, -0.15) is 0 Å². The summed E-state index contributed by atoms with van der Waals surface area (Å²) in [5, 5.41) is 2.67. The summed E-state index contributed by atoms with van der Waals surface area (Å²) in [6.45, 7) is 4.31. The van der Waals surface area contributed by atoms with Gasteiger partial charge in [-0.05, 0) is 66.3 Å². The molecule has 1 aliphatic rings. The molecule has 0 radical (unpaired) electrons. The highest BCUT2D eigenvalue weighted by Gasteiger charge is 2.20. The van der Waals surface area contributed by atoms with E-state index in [9.17, 15) is 0 Å². The maximum Gasteiger partial charge on any atom is 0.0471 e. The number of aryl methyl sites for hydroxylation is 2. The van der Waals surface area contributed by atoms with Gasteiger partial charge in [-0.3, -0.25) is 0 Å². The molecule has 0 saturated carbocycles. The maximum absolute atomic E-state index is 3.59. The van der Waals surface area contributed by atoms with Crippen molar-refractivity contribution in [3.8, 4) is 11.1 Å². The van der Waals surface area contributed by atoms with Gasteiger partial charge >= 0.3 is 0 Å². The first kappa shape index (κ1) is 12.0. The van der Waals surface area contributed by atoms with Gasteiger partial charge in [-0.25, -0.2) is 0 Å². The summed E-state index contributed by atoms with van der Waals surface area (Å²) in [7, 11) is 0. The zero-order chi connectivity index (χ0) is 14.8. The Balaban J connectivity index is 1.83. The van der Waals surface area contributed by atoms with E-state index in [1.165, 1.54) is 55.2 Å². The highest BCUT2D eigenvalue weighted by atomic mass is 14.7. The lowest BCUT2D eigenvalue weighted by Gasteiger charge is -2.02. The van der Waals surface area contributed by atoms with Gasteiger partial charge in [0.1, 0.15) is 0 Å². The van der Waals surface area contributed by atoms with Crippen LogP contribution < -0.4 is 0 Å². The van der Waals surface area contributed by atoms with E-state index in [0.29, 0.717) is 0 Å². The van der Waals surface area contributed by atoms with Gasteiger partial charge in [-0.15, -0.1) is 0 Å². The van der Waals surface area contributed by atoms with Crippen LogP contribution in [0.15, 0.2) is 48.5 Å². The Labute approximate surface area is 129 Å². The molecule has 0 unspecified atom stereocenters. The van der Waals surface area contributed by atoms with Gasteiger partial charge in [0.05, 0.1) is 0 Å². The molecule has 5 rings (SSSR count). The van der Waals surface area contributed by atoms with Crippen molar-refractivity contribution in [3.05, 3.63) is 70.8 Å². The lowest BCUT2D eigenvalue weighted by Crippen LogP contribution is -1.81. The van der Waals surface area contributed by atoms with E-state index in [1.54, 1.807) is 0 Å². The number of hydrogen-bond donors (Lipinski definition) is 1. The van der Waals surface area contributed by atoms with Crippen LogP contribution >= 0.6 is 0 Å². The van der Waals surface area contributed by atoms with Gasteiger partial charge in [0.15, 0.2) is 0 Å². The lowest BCUT2D eigenvalue weighted by molar-refractivity contribution is 1.25. The Bertz CT molecular complexity index is 1070. The van der Waals surface area contributed by atoms with Crippen LogP contribution in [0.4, 0.5) is 0 Å². The predicted molar refractivity (Wildman–Crippen MR) is 93.5 cm³/mol. The largest absolute Gasteiger partial charge is 0.354 e. The Morgan fingerprint density at radius 2 is 1.41 bits per heavy atom. The first-order valence-electron chi connectivity index (χ1n) is 7.84. The van der Waals surface area contributed by atoms with E-state index in [2.05, 4.69) is 67.4 Å². The lowest BCUT2D eigenvalue weighted by atomic mass is 10.0. The quantitative estimate of drug-likeness (QED) is 0.386. The minimum Gasteiger partial charge on any atom is -0.354 e. The SMILES string of the molecule is Cc1ccc2c(c1)Cc1cc3c(cc1-2)[nH]c1cc(C)ccc13. The molecule has 1 nitrogen and oxygen atoms in total. The first-order valence-corrected chi connectivity index (χ1v) is 7.84. The summed E-state index contributed by atoms with van der Waals surface area (Å²) in [5.74, 6) is 0. The van der Waals surface area contributed by atoms with E-state index in [4.69, 9.17) is 0 Å². The molecular formula is C21H17N. The highest BCUT2D eigenvalue weighted by Crippen LogP contribution is 2.40.